The van der Waals surface area contributed by atoms with Gasteiger partial charge >= 0.3 is 0 Å². The quantitative estimate of drug-likeness (QED) is 0.775. The van der Waals surface area contributed by atoms with Crippen LogP contribution in [0.2, 0.25) is 0 Å². The Bertz CT molecular complexity index is 388. The van der Waals surface area contributed by atoms with E-state index < -0.39 is 0 Å². The van der Waals surface area contributed by atoms with Crippen molar-refractivity contribution in [3.63, 3.8) is 0 Å². The largest absolute Gasteiger partial charge is 0.379 e. The normalized spacial score (nSPS) is 27.2. The lowest BCUT2D eigenvalue weighted by Crippen LogP contribution is -2.48. The molecule has 126 valence electrons. The maximum atomic E-state index is 5.40. The summed E-state index contributed by atoms with van der Waals surface area (Å²) in [5, 5.41) is 1.28. The van der Waals surface area contributed by atoms with Crippen LogP contribution in [-0.2, 0) is 4.74 Å². The van der Waals surface area contributed by atoms with Crippen molar-refractivity contribution in [2.45, 2.75) is 25.0 Å². The average Bonchev–Trinajstić information content (AvgIpc) is 2.89. The number of aliphatic imine (C=N–C) groups is 1. The van der Waals surface area contributed by atoms with Crippen LogP contribution >= 0.6 is 11.8 Å². The maximum Gasteiger partial charge on any atom is 0.159 e. The lowest BCUT2D eigenvalue weighted by atomic mass is 10.2. The molecular formula is C16H30N4OS. The summed E-state index contributed by atoms with van der Waals surface area (Å²) in [6, 6.07) is 0. The molecule has 0 bridgehead atoms. The van der Waals surface area contributed by atoms with Crippen molar-refractivity contribution in [2.24, 2.45) is 4.99 Å². The van der Waals surface area contributed by atoms with Crippen molar-refractivity contribution in [3.8, 4) is 0 Å². The molecule has 0 aliphatic carbocycles. The number of morpholine rings is 1. The topological polar surface area (TPSA) is 31.3 Å². The van der Waals surface area contributed by atoms with Gasteiger partial charge in [0.25, 0.3) is 0 Å². The number of piperazine rings is 1. The Hall–Kier alpha value is -0.300. The summed E-state index contributed by atoms with van der Waals surface area (Å²) in [5.41, 5.74) is 0. The number of hydrogen-bond donors (Lipinski definition) is 0. The SMILES string of the molecule is CC1(C)CN=C(N2CCN(CCCN3CCOCC3)CC2)S1. The second kappa shape index (κ2) is 7.51. The Morgan fingerprint density at radius 1 is 1.00 bits per heavy atom. The second-order valence-electron chi connectivity index (χ2n) is 7.10. The fourth-order valence-corrected chi connectivity index (χ4v) is 4.30. The molecule has 0 N–H and O–H groups in total. The van der Waals surface area contributed by atoms with Gasteiger partial charge in [-0.2, -0.15) is 0 Å². The van der Waals surface area contributed by atoms with Crippen molar-refractivity contribution >= 4 is 16.9 Å². The molecule has 0 radical (unpaired) electrons. The smallest absolute Gasteiger partial charge is 0.159 e. The fourth-order valence-electron chi connectivity index (χ4n) is 3.24. The van der Waals surface area contributed by atoms with Crippen LogP contribution in [0.25, 0.3) is 0 Å². The Labute approximate surface area is 139 Å². The fraction of sp³-hybridized carbons (Fsp3) is 0.938. The molecule has 22 heavy (non-hydrogen) atoms. The molecule has 0 aromatic rings. The van der Waals surface area contributed by atoms with E-state index in [1.165, 1.54) is 37.8 Å². The molecule has 3 aliphatic heterocycles. The Balaban J connectivity index is 1.32. The number of thioether (sulfide) groups is 1. The van der Waals surface area contributed by atoms with Crippen molar-refractivity contribution < 1.29 is 4.74 Å². The van der Waals surface area contributed by atoms with Crippen LogP contribution in [0.15, 0.2) is 4.99 Å². The first kappa shape index (κ1) is 16.6. The van der Waals surface area contributed by atoms with Crippen LogP contribution in [-0.4, -0.2) is 96.7 Å². The van der Waals surface area contributed by atoms with Crippen LogP contribution in [0.5, 0.6) is 0 Å². The van der Waals surface area contributed by atoms with Crippen LogP contribution in [0, 0.1) is 0 Å². The minimum Gasteiger partial charge on any atom is -0.379 e. The molecule has 3 aliphatic rings. The van der Waals surface area contributed by atoms with E-state index in [0.717, 1.165) is 45.9 Å². The molecule has 0 amide bonds. The van der Waals surface area contributed by atoms with E-state index in [0.29, 0.717) is 4.75 Å². The molecule has 0 aromatic carbocycles. The molecule has 2 saturated heterocycles. The third-order valence-corrected chi connectivity index (χ3v) is 5.91. The summed E-state index contributed by atoms with van der Waals surface area (Å²) in [6.07, 6.45) is 1.28. The first-order chi connectivity index (χ1) is 10.6. The molecule has 0 atom stereocenters. The van der Waals surface area contributed by atoms with Gasteiger partial charge in [-0.1, -0.05) is 11.8 Å². The van der Waals surface area contributed by atoms with Crippen LogP contribution in [0.1, 0.15) is 20.3 Å². The van der Waals surface area contributed by atoms with E-state index in [-0.39, 0.29) is 0 Å². The van der Waals surface area contributed by atoms with E-state index in [4.69, 9.17) is 9.73 Å². The van der Waals surface area contributed by atoms with Gasteiger partial charge in [0.1, 0.15) is 0 Å². The molecule has 3 rings (SSSR count). The standard InChI is InChI=1S/C16H30N4OS/c1-16(2)14-17-15(22-16)20-8-6-18(7-9-20)4-3-5-19-10-12-21-13-11-19/h3-14H2,1-2H3. The van der Waals surface area contributed by atoms with E-state index in [9.17, 15) is 0 Å². The Kier molecular flexibility index (Phi) is 5.65. The van der Waals surface area contributed by atoms with E-state index in [1.807, 2.05) is 11.8 Å². The molecule has 6 heteroatoms. The molecule has 3 heterocycles. The van der Waals surface area contributed by atoms with E-state index >= 15 is 0 Å². The first-order valence-electron chi connectivity index (χ1n) is 8.63. The number of hydrogen-bond acceptors (Lipinski definition) is 6. The second-order valence-corrected chi connectivity index (χ2v) is 8.77. The van der Waals surface area contributed by atoms with Crippen LogP contribution in [0.3, 0.4) is 0 Å². The lowest BCUT2D eigenvalue weighted by molar-refractivity contribution is 0.0356. The minimum absolute atomic E-state index is 0.296. The highest BCUT2D eigenvalue weighted by molar-refractivity contribution is 8.15. The molecule has 0 spiro atoms. The van der Waals surface area contributed by atoms with Gasteiger partial charge in [0.2, 0.25) is 0 Å². The summed E-state index contributed by atoms with van der Waals surface area (Å²) in [7, 11) is 0. The van der Waals surface area contributed by atoms with E-state index in [1.54, 1.807) is 0 Å². The van der Waals surface area contributed by atoms with Gasteiger partial charge in [0.05, 0.1) is 19.8 Å². The zero-order chi connectivity index (χ0) is 15.4. The van der Waals surface area contributed by atoms with Crippen molar-refractivity contribution in [1.29, 1.82) is 0 Å². The average molecular weight is 327 g/mol. The van der Waals surface area contributed by atoms with Crippen molar-refractivity contribution in [2.75, 3.05) is 72.1 Å². The lowest BCUT2D eigenvalue weighted by Gasteiger charge is -2.36. The zero-order valence-electron chi connectivity index (χ0n) is 14.1. The highest BCUT2D eigenvalue weighted by Gasteiger charge is 2.31. The molecule has 0 saturated carbocycles. The predicted octanol–water partition coefficient (Wildman–Crippen LogP) is 1.21. The van der Waals surface area contributed by atoms with Gasteiger partial charge in [0, 0.05) is 44.0 Å². The van der Waals surface area contributed by atoms with Gasteiger partial charge in [0.15, 0.2) is 5.17 Å². The summed E-state index contributed by atoms with van der Waals surface area (Å²) in [5.74, 6) is 0. The minimum atomic E-state index is 0.296. The molecular weight excluding hydrogens is 296 g/mol. The summed E-state index contributed by atoms with van der Waals surface area (Å²) < 4.78 is 5.70. The number of ether oxygens (including phenoxy) is 1. The maximum absolute atomic E-state index is 5.40. The summed E-state index contributed by atoms with van der Waals surface area (Å²) in [6.45, 7) is 16.7. The monoisotopic (exact) mass is 326 g/mol. The Morgan fingerprint density at radius 2 is 1.64 bits per heavy atom. The highest BCUT2D eigenvalue weighted by atomic mass is 32.2. The van der Waals surface area contributed by atoms with Gasteiger partial charge in [-0.05, 0) is 33.4 Å². The van der Waals surface area contributed by atoms with E-state index in [2.05, 4.69) is 28.5 Å². The van der Waals surface area contributed by atoms with Crippen LogP contribution < -0.4 is 0 Å². The number of nitrogens with zero attached hydrogens (tertiary/aromatic N) is 4. The number of amidine groups is 1. The highest BCUT2D eigenvalue weighted by Crippen LogP contribution is 2.33. The summed E-state index contributed by atoms with van der Waals surface area (Å²) >= 11 is 1.95. The molecule has 0 unspecified atom stereocenters. The van der Waals surface area contributed by atoms with Gasteiger partial charge in [-0.15, -0.1) is 0 Å². The van der Waals surface area contributed by atoms with Crippen molar-refractivity contribution in [3.05, 3.63) is 0 Å². The zero-order valence-corrected chi connectivity index (χ0v) is 14.9. The molecule has 0 aromatic heterocycles. The molecule has 2 fully saturated rings. The Morgan fingerprint density at radius 3 is 2.23 bits per heavy atom. The van der Waals surface area contributed by atoms with Gasteiger partial charge in [-0.3, -0.25) is 14.8 Å². The molecule has 5 nitrogen and oxygen atoms in total. The predicted molar refractivity (Wildman–Crippen MR) is 93.9 cm³/mol. The summed E-state index contributed by atoms with van der Waals surface area (Å²) in [4.78, 5) is 12.4. The third-order valence-electron chi connectivity index (χ3n) is 4.66. The van der Waals surface area contributed by atoms with Gasteiger partial charge in [-0.25, -0.2) is 0 Å². The van der Waals surface area contributed by atoms with Gasteiger partial charge < -0.3 is 9.64 Å². The van der Waals surface area contributed by atoms with Crippen molar-refractivity contribution in [1.82, 2.24) is 14.7 Å². The third kappa shape index (κ3) is 4.60. The number of rotatable bonds is 4. The first-order valence-corrected chi connectivity index (χ1v) is 9.45. The van der Waals surface area contributed by atoms with Crippen LogP contribution in [0.4, 0.5) is 0 Å².